The molecule has 1 amide bonds. The van der Waals surface area contributed by atoms with E-state index in [9.17, 15) is 9.59 Å². The number of aryl methyl sites for hydroxylation is 1. The van der Waals surface area contributed by atoms with Crippen molar-refractivity contribution in [2.45, 2.75) is 6.92 Å². The highest BCUT2D eigenvalue weighted by Gasteiger charge is 2.16. The lowest BCUT2D eigenvalue weighted by Crippen LogP contribution is -2.23. The van der Waals surface area contributed by atoms with Crippen LogP contribution < -0.4 is 15.6 Å². The van der Waals surface area contributed by atoms with Crippen LogP contribution in [-0.4, -0.2) is 27.6 Å². The quantitative estimate of drug-likeness (QED) is 0.588. The normalized spacial score (nSPS) is 10.8. The van der Waals surface area contributed by atoms with E-state index in [0.29, 0.717) is 16.9 Å². The van der Waals surface area contributed by atoms with Crippen molar-refractivity contribution in [3.8, 4) is 17.2 Å². The summed E-state index contributed by atoms with van der Waals surface area (Å²) in [6.07, 6.45) is 1.26. The SMILES string of the molecule is COc1ccc(-c2nn3c(=O)c(NC(=O)c4ccccc4C)cnc3o2)cc1. The fourth-order valence-corrected chi connectivity index (χ4v) is 2.74. The number of hydrogen-bond donors (Lipinski definition) is 1. The van der Waals surface area contributed by atoms with Crippen molar-refractivity contribution in [3.63, 3.8) is 0 Å². The van der Waals surface area contributed by atoms with Crippen LogP contribution in [-0.2, 0) is 0 Å². The van der Waals surface area contributed by atoms with E-state index in [-0.39, 0.29) is 17.4 Å². The van der Waals surface area contributed by atoms with Gasteiger partial charge in [0.15, 0.2) is 0 Å². The molecule has 0 unspecified atom stereocenters. The molecule has 0 radical (unpaired) electrons. The number of fused-ring (bicyclic) bond motifs is 1. The number of rotatable bonds is 4. The summed E-state index contributed by atoms with van der Waals surface area (Å²) in [4.78, 5) is 29.2. The number of hydrogen-bond acceptors (Lipinski definition) is 6. The van der Waals surface area contributed by atoms with Crippen molar-refractivity contribution in [2.24, 2.45) is 0 Å². The van der Waals surface area contributed by atoms with Gasteiger partial charge in [-0.1, -0.05) is 18.2 Å². The Morgan fingerprint density at radius 3 is 2.61 bits per heavy atom. The maximum atomic E-state index is 12.7. The van der Waals surface area contributed by atoms with Gasteiger partial charge in [0.05, 0.1) is 13.3 Å². The smallest absolute Gasteiger partial charge is 0.328 e. The van der Waals surface area contributed by atoms with Gasteiger partial charge in [0.1, 0.15) is 11.4 Å². The summed E-state index contributed by atoms with van der Waals surface area (Å²) in [6.45, 7) is 1.82. The molecule has 0 fully saturated rings. The standard InChI is InChI=1S/C20H16N4O4/c1-12-5-3-4-6-15(12)17(25)22-16-11-21-20-24(19(16)26)23-18(28-20)13-7-9-14(27-2)10-8-13/h3-11H,1-2H3,(H,22,25). The second kappa shape index (κ2) is 6.99. The molecular weight excluding hydrogens is 360 g/mol. The van der Waals surface area contributed by atoms with Gasteiger partial charge in [-0.3, -0.25) is 9.59 Å². The molecule has 2 heterocycles. The van der Waals surface area contributed by atoms with Crippen molar-refractivity contribution < 1.29 is 13.9 Å². The molecule has 1 N–H and O–H groups in total. The molecule has 0 spiro atoms. The van der Waals surface area contributed by atoms with E-state index in [2.05, 4.69) is 15.4 Å². The highest BCUT2D eigenvalue weighted by atomic mass is 16.5. The molecule has 140 valence electrons. The van der Waals surface area contributed by atoms with Crippen LogP contribution >= 0.6 is 0 Å². The molecule has 0 bridgehead atoms. The monoisotopic (exact) mass is 376 g/mol. The van der Waals surface area contributed by atoms with Crippen LogP contribution in [0.4, 0.5) is 5.69 Å². The predicted molar refractivity (Wildman–Crippen MR) is 103 cm³/mol. The maximum Gasteiger partial charge on any atom is 0.328 e. The third kappa shape index (κ3) is 3.11. The van der Waals surface area contributed by atoms with Gasteiger partial charge < -0.3 is 14.5 Å². The second-order valence-electron chi connectivity index (χ2n) is 6.08. The zero-order chi connectivity index (χ0) is 19.7. The van der Waals surface area contributed by atoms with Crippen LogP contribution in [0, 0.1) is 6.92 Å². The molecule has 0 aliphatic rings. The minimum absolute atomic E-state index is 0.0142. The molecule has 4 rings (SSSR count). The van der Waals surface area contributed by atoms with E-state index in [4.69, 9.17) is 9.15 Å². The molecule has 2 aromatic carbocycles. The largest absolute Gasteiger partial charge is 0.497 e. The van der Waals surface area contributed by atoms with Crippen LogP contribution in [0.1, 0.15) is 15.9 Å². The van der Waals surface area contributed by atoms with E-state index >= 15 is 0 Å². The van der Waals surface area contributed by atoms with E-state index < -0.39 is 11.5 Å². The van der Waals surface area contributed by atoms with Gasteiger partial charge in [0.2, 0.25) is 5.89 Å². The highest BCUT2D eigenvalue weighted by molar-refractivity contribution is 6.05. The number of anilines is 1. The number of methoxy groups -OCH3 is 1. The van der Waals surface area contributed by atoms with Gasteiger partial charge in [0, 0.05) is 11.1 Å². The van der Waals surface area contributed by atoms with Gasteiger partial charge >= 0.3 is 11.4 Å². The molecule has 8 heteroatoms. The summed E-state index contributed by atoms with van der Waals surface area (Å²) >= 11 is 0. The third-order valence-electron chi connectivity index (χ3n) is 4.26. The average Bonchev–Trinajstić information content (AvgIpc) is 3.15. The van der Waals surface area contributed by atoms with E-state index in [1.807, 2.05) is 19.1 Å². The van der Waals surface area contributed by atoms with Crippen molar-refractivity contribution in [1.82, 2.24) is 14.6 Å². The number of aromatic nitrogens is 3. The Morgan fingerprint density at radius 2 is 1.89 bits per heavy atom. The van der Waals surface area contributed by atoms with Crippen molar-refractivity contribution in [1.29, 1.82) is 0 Å². The zero-order valence-electron chi connectivity index (χ0n) is 15.2. The van der Waals surface area contributed by atoms with Crippen LogP contribution in [0.15, 0.2) is 63.9 Å². The Labute approximate surface area is 159 Å². The number of nitrogens with one attached hydrogen (secondary N) is 1. The summed E-state index contributed by atoms with van der Waals surface area (Å²) < 4.78 is 11.7. The summed E-state index contributed by atoms with van der Waals surface area (Å²) in [6, 6.07) is 14.1. The van der Waals surface area contributed by atoms with Gasteiger partial charge in [0.25, 0.3) is 5.91 Å². The predicted octanol–water partition coefficient (Wildman–Crippen LogP) is 2.92. The molecular formula is C20H16N4O4. The summed E-state index contributed by atoms with van der Waals surface area (Å²) in [5.74, 6) is 0.562. The molecule has 0 saturated carbocycles. The van der Waals surface area contributed by atoms with Crippen LogP contribution in [0.3, 0.4) is 0 Å². The van der Waals surface area contributed by atoms with Crippen LogP contribution in [0.2, 0.25) is 0 Å². The first kappa shape index (κ1) is 17.5. The van der Waals surface area contributed by atoms with Crippen LogP contribution in [0.5, 0.6) is 5.75 Å². The molecule has 8 nitrogen and oxygen atoms in total. The number of benzene rings is 2. The molecule has 0 aliphatic heterocycles. The lowest BCUT2D eigenvalue weighted by Gasteiger charge is -2.06. The second-order valence-corrected chi connectivity index (χ2v) is 6.08. The topological polar surface area (TPSA) is 98.7 Å². The lowest BCUT2D eigenvalue weighted by atomic mass is 10.1. The number of nitrogens with zero attached hydrogens (tertiary/aromatic N) is 3. The van der Waals surface area contributed by atoms with Crippen molar-refractivity contribution >= 4 is 17.4 Å². The molecule has 4 aromatic rings. The zero-order valence-corrected chi connectivity index (χ0v) is 15.2. The lowest BCUT2D eigenvalue weighted by molar-refractivity contribution is 0.102. The molecule has 0 saturated heterocycles. The van der Waals surface area contributed by atoms with E-state index in [1.165, 1.54) is 6.20 Å². The number of ether oxygens (including phenoxy) is 1. The first-order chi connectivity index (χ1) is 13.6. The summed E-state index contributed by atoms with van der Waals surface area (Å²) in [5, 5.41) is 6.77. The Hall–Kier alpha value is -3.94. The first-order valence-corrected chi connectivity index (χ1v) is 8.47. The summed E-state index contributed by atoms with van der Waals surface area (Å²) in [5.41, 5.74) is 1.43. The fourth-order valence-electron chi connectivity index (χ4n) is 2.74. The molecule has 28 heavy (non-hydrogen) atoms. The Kier molecular flexibility index (Phi) is 4.36. The van der Waals surface area contributed by atoms with Gasteiger partial charge in [-0.25, -0.2) is 4.98 Å². The van der Waals surface area contributed by atoms with Crippen molar-refractivity contribution in [3.05, 3.63) is 76.2 Å². The van der Waals surface area contributed by atoms with Crippen molar-refractivity contribution in [2.75, 3.05) is 12.4 Å². The summed E-state index contributed by atoms with van der Waals surface area (Å²) in [7, 11) is 1.57. The van der Waals surface area contributed by atoms with Gasteiger partial charge in [-0.15, -0.1) is 9.61 Å². The fraction of sp³-hybridized carbons (Fsp3) is 0.100. The minimum Gasteiger partial charge on any atom is -0.497 e. The van der Waals surface area contributed by atoms with Crippen LogP contribution in [0.25, 0.3) is 17.3 Å². The van der Waals surface area contributed by atoms with Gasteiger partial charge in [-0.2, -0.15) is 0 Å². The molecule has 2 aromatic heterocycles. The third-order valence-corrected chi connectivity index (χ3v) is 4.26. The molecule has 0 atom stereocenters. The Bertz CT molecular complexity index is 1230. The molecule has 0 aliphatic carbocycles. The number of carbonyl (C=O) groups is 1. The van der Waals surface area contributed by atoms with Gasteiger partial charge in [-0.05, 0) is 42.8 Å². The average molecular weight is 376 g/mol. The number of amides is 1. The maximum absolute atomic E-state index is 12.7. The van der Waals surface area contributed by atoms with E-state index in [1.54, 1.807) is 43.5 Å². The number of carbonyl (C=O) groups excluding carboxylic acids is 1. The highest BCUT2D eigenvalue weighted by Crippen LogP contribution is 2.21. The Balaban J connectivity index is 1.68. The minimum atomic E-state index is -0.532. The first-order valence-electron chi connectivity index (χ1n) is 8.47. The Morgan fingerprint density at radius 1 is 1.14 bits per heavy atom. The van der Waals surface area contributed by atoms with E-state index in [0.717, 1.165) is 10.1 Å².